The minimum atomic E-state index is -0.132. The molecule has 4 nitrogen and oxygen atoms in total. The van der Waals surface area contributed by atoms with Gasteiger partial charge in [0, 0.05) is 17.6 Å². The molecule has 1 aliphatic rings. The van der Waals surface area contributed by atoms with Gasteiger partial charge in [0.15, 0.2) is 0 Å². The molecule has 1 fully saturated rings. The zero-order chi connectivity index (χ0) is 24.1. The highest BCUT2D eigenvalue weighted by Gasteiger charge is 2.39. The first-order valence-electron chi connectivity index (χ1n) is 12.8. The average Bonchev–Trinajstić information content (AvgIpc) is 2.86. The second-order valence-corrected chi connectivity index (χ2v) is 10.3. The maximum atomic E-state index is 12.5. The molecular weight excluding hydrogens is 444 g/mol. The van der Waals surface area contributed by atoms with Crippen LogP contribution in [0.3, 0.4) is 0 Å². The number of rotatable bonds is 9. The summed E-state index contributed by atoms with van der Waals surface area (Å²) in [5.41, 5.74) is 8.95. The van der Waals surface area contributed by atoms with Crippen molar-refractivity contribution in [3.8, 4) is 5.75 Å². The maximum absolute atomic E-state index is 12.5. The third-order valence-corrected chi connectivity index (χ3v) is 8.05. The molecule has 34 heavy (non-hydrogen) atoms. The number of unbranched alkanes of at least 4 members (excludes halogenated alkanes) is 1. The molecule has 3 aromatic rings. The largest absolute Gasteiger partial charge is 0.489 e. The molecule has 2 aromatic carbocycles. The molecule has 1 aromatic heterocycles. The highest BCUT2D eigenvalue weighted by atomic mass is 35.5. The van der Waals surface area contributed by atoms with Crippen molar-refractivity contribution in [1.29, 1.82) is 0 Å². The van der Waals surface area contributed by atoms with E-state index in [1.165, 1.54) is 24.8 Å². The van der Waals surface area contributed by atoms with Gasteiger partial charge in [-0.25, -0.2) is 0 Å². The van der Waals surface area contributed by atoms with Crippen LogP contribution in [0, 0.1) is 5.41 Å². The van der Waals surface area contributed by atoms with Gasteiger partial charge in [0.25, 0.3) is 5.56 Å². The Morgan fingerprint density at radius 1 is 1.15 bits per heavy atom. The lowest BCUT2D eigenvalue weighted by molar-refractivity contribution is 0.0518. The van der Waals surface area contributed by atoms with Gasteiger partial charge in [-0.2, -0.15) is 0 Å². The summed E-state index contributed by atoms with van der Waals surface area (Å²) in [4.78, 5) is 15.4. The first-order valence-corrected chi connectivity index (χ1v) is 13.1. The maximum Gasteiger partial charge on any atom is 0.255 e. The van der Waals surface area contributed by atoms with E-state index in [1.807, 2.05) is 30.5 Å². The molecule has 0 unspecified atom stereocenters. The van der Waals surface area contributed by atoms with Gasteiger partial charge in [-0.15, -0.1) is 0 Å². The third kappa shape index (κ3) is 5.34. The summed E-state index contributed by atoms with van der Waals surface area (Å²) in [5.74, 6) is 0.667. The lowest BCUT2D eigenvalue weighted by atomic mass is 9.65. The van der Waals surface area contributed by atoms with Crippen LogP contribution in [0.2, 0.25) is 5.02 Å². The predicted octanol–water partition coefficient (Wildman–Crippen LogP) is 7.01. The van der Waals surface area contributed by atoms with Crippen LogP contribution < -0.4 is 16.0 Å². The van der Waals surface area contributed by atoms with Gasteiger partial charge in [-0.1, -0.05) is 68.6 Å². The molecule has 0 radical (unpaired) electrons. The normalized spacial score (nSPS) is 21.5. The molecule has 5 heteroatoms. The van der Waals surface area contributed by atoms with E-state index in [-0.39, 0.29) is 23.1 Å². The van der Waals surface area contributed by atoms with Gasteiger partial charge in [0.05, 0.1) is 11.1 Å². The van der Waals surface area contributed by atoms with Gasteiger partial charge >= 0.3 is 0 Å². The van der Waals surface area contributed by atoms with Crippen molar-refractivity contribution in [1.82, 2.24) is 4.98 Å². The minimum Gasteiger partial charge on any atom is -0.489 e. The Balaban J connectivity index is 1.56. The van der Waals surface area contributed by atoms with Crippen molar-refractivity contribution >= 4 is 22.4 Å². The van der Waals surface area contributed by atoms with E-state index in [1.54, 1.807) is 6.07 Å². The molecule has 1 heterocycles. The monoisotopic (exact) mass is 480 g/mol. The topological polar surface area (TPSA) is 68.1 Å². The van der Waals surface area contributed by atoms with Crippen molar-refractivity contribution < 1.29 is 4.74 Å². The second kappa shape index (κ2) is 11.0. The van der Waals surface area contributed by atoms with Crippen LogP contribution in [0.5, 0.6) is 5.75 Å². The molecule has 1 aliphatic carbocycles. The zero-order valence-electron chi connectivity index (χ0n) is 20.4. The zero-order valence-corrected chi connectivity index (χ0v) is 21.2. The Labute approximate surface area is 207 Å². The van der Waals surface area contributed by atoms with Crippen molar-refractivity contribution in [2.45, 2.75) is 83.8 Å². The Hall–Kier alpha value is -2.30. The minimum absolute atomic E-state index is 0.119. The summed E-state index contributed by atoms with van der Waals surface area (Å²) >= 11 is 6.61. The molecular formula is C29H37ClN2O2. The highest BCUT2D eigenvalue weighted by molar-refractivity contribution is 6.32. The average molecular weight is 481 g/mol. The van der Waals surface area contributed by atoms with Gasteiger partial charge in [0.1, 0.15) is 5.75 Å². The molecule has 3 N–H and O–H groups in total. The van der Waals surface area contributed by atoms with Crippen molar-refractivity contribution in [3.05, 3.63) is 75.2 Å². The first-order chi connectivity index (χ1) is 16.5. The quantitative estimate of drug-likeness (QED) is 0.346. The van der Waals surface area contributed by atoms with E-state index in [4.69, 9.17) is 22.1 Å². The second-order valence-electron chi connectivity index (χ2n) is 9.93. The summed E-state index contributed by atoms with van der Waals surface area (Å²) in [7, 11) is 0. The fourth-order valence-electron chi connectivity index (χ4n) is 5.60. The van der Waals surface area contributed by atoms with Crippen LogP contribution in [-0.2, 0) is 6.42 Å². The molecule has 4 rings (SSSR count). The van der Waals surface area contributed by atoms with E-state index >= 15 is 0 Å². The summed E-state index contributed by atoms with van der Waals surface area (Å²) in [6, 6.07) is 14.2. The standard InChI is InChI=1S/C29H37ClN2O2/c1-3-5-13-29(27(31)4-2)14-11-22(12-15-29)34-26-18-23-21(16-20-9-7-6-8-10-20)19-32-28(33)24(23)17-25(26)30/h6-10,17-19,22,27H,3-5,11-16,31H2,1-2H3,(H,32,33)/t22-,27-,29-/m1/s1. The van der Waals surface area contributed by atoms with Crippen molar-refractivity contribution in [2.75, 3.05) is 0 Å². The summed E-state index contributed by atoms with van der Waals surface area (Å²) in [5, 5.41) is 1.98. The van der Waals surface area contributed by atoms with E-state index in [0.717, 1.165) is 49.5 Å². The van der Waals surface area contributed by atoms with Gasteiger partial charge in [0.2, 0.25) is 0 Å². The van der Waals surface area contributed by atoms with E-state index in [2.05, 4.69) is 31.0 Å². The molecule has 0 aliphatic heterocycles. The summed E-state index contributed by atoms with van der Waals surface area (Å²) < 4.78 is 6.47. The van der Waals surface area contributed by atoms with Crippen LogP contribution in [0.4, 0.5) is 0 Å². The molecule has 182 valence electrons. The molecule has 0 spiro atoms. The van der Waals surface area contributed by atoms with Crippen molar-refractivity contribution in [2.24, 2.45) is 11.1 Å². The molecule has 0 amide bonds. The van der Waals surface area contributed by atoms with Crippen LogP contribution in [0.1, 0.15) is 76.3 Å². The Bertz CT molecular complexity index is 1150. The Morgan fingerprint density at radius 3 is 2.56 bits per heavy atom. The number of aromatic amines is 1. The molecule has 0 saturated heterocycles. The Kier molecular flexibility index (Phi) is 8.00. The lowest BCUT2D eigenvalue weighted by Crippen LogP contribution is -2.45. The summed E-state index contributed by atoms with van der Waals surface area (Å²) in [6.45, 7) is 4.45. The highest BCUT2D eigenvalue weighted by Crippen LogP contribution is 2.45. The third-order valence-electron chi connectivity index (χ3n) is 7.75. The number of aromatic nitrogens is 1. The van der Waals surface area contributed by atoms with Crippen LogP contribution in [0.25, 0.3) is 10.8 Å². The van der Waals surface area contributed by atoms with Crippen molar-refractivity contribution in [3.63, 3.8) is 0 Å². The van der Waals surface area contributed by atoms with Crippen LogP contribution >= 0.6 is 11.6 Å². The Morgan fingerprint density at radius 2 is 1.88 bits per heavy atom. The summed E-state index contributed by atoms with van der Waals surface area (Å²) in [6.07, 6.45) is 11.5. The van der Waals surface area contributed by atoms with E-state index in [0.29, 0.717) is 16.2 Å². The number of hydrogen-bond acceptors (Lipinski definition) is 3. The number of hydrogen-bond donors (Lipinski definition) is 2. The van der Waals surface area contributed by atoms with Crippen LogP contribution in [-0.4, -0.2) is 17.1 Å². The SMILES string of the molecule is CCCC[C@]1([C@H](N)CC)CC[C@H](Oc2cc3c(Cc4ccccc4)c[nH]c(=O)c3cc2Cl)CC1. The number of ether oxygens (including phenoxy) is 1. The fraction of sp³-hybridized carbons (Fsp3) is 0.483. The first kappa shape index (κ1) is 24.8. The molecule has 1 atom stereocenters. The number of pyridine rings is 1. The van der Waals surface area contributed by atoms with Gasteiger partial charge in [-0.05, 0) is 79.0 Å². The van der Waals surface area contributed by atoms with E-state index < -0.39 is 0 Å². The smallest absolute Gasteiger partial charge is 0.255 e. The molecule has 1 saturated carbocycles. The number of halogens is 1. The number of nitrogens with one attached hydrogen (secondary N) is 1. The van der Waals surface area contributed by atoms with Crippen LogP contribution in [0.15, 0.2) is 53.5 Å². The number of H-pyrrole nitrogens is 1. The number of benzene rings is 2. The number of nitrogens with two attached hydrogens (primary N) is 1. The fourth-order valence-corrected chi connectivity index (χ4v) is 5.81. The van der Waals surface area contributed by atoms with E-state index in [9.17, 15) is 4.79 Å². The predicted molar refractivity (Wildman–Crippen MR) is 142 cm³/mol. The number of fused-ring (bicyclic) bond motifs is 1. The van der Waals surface area contributed by atoms with Gasteiger partial charge < -0.3 is 15.5 Å². The van der Waals surface area contributed by atoms with Gasteiger partial charge in [-0.3, -0.25) is 4.79 Å². The lowest BCUT2D eigenvalue weighted by Gasteiger charge is -2.44. The molecule has 0 bridgehead atoms.